The summed E-state index contributed by atoms with van der Waals surface area (Å²) in [5, 5.41) is 0. The quantitative estimate of drug-likeness (QED) is 0.565. The van der Waals surface area contributed by atoms with Gasteiger partial charge in [0.2, 0.25) is 0 Å². The highest BCUT2D eigenvalue weighted by Gasteiger charge is 2.32. The number of halogens is 1. The molecule has 5 rings (SSSR count). The van der Waals surface area contributed by atoms with Gasteiger partial charge in [-0.2, -0.15) is 0 Å². The minimum absolute atomic E-state index is 0.0554. The fourth-order valence-corrected chi connectivity index (χ4v) is 4.28. The Bertz CT molecular complexity index is 1230. The third-order valence-corrected chi connectivity index (χ3v) is 6.02. The van der Waals surface area contributed by atoms with Gasteiger partial charge in [0.25, 0.3) is 5.91 Å². The number of ether oxygens (including phenoxy) is 2. The summed E-state index contributed by atoms with van der Waals surface area (Å²) in [5.74, 6) is 2.42. The number of para-hydroxylation sites is 2. The number of carbonyl (C=O) groups excluding carboxylic acids is 1. The number of carbonyl (C=O) groups is 1. The lowest BCUT2D eigenvalue weighted by molar-refractivity contribution is 0.0581. The van der Waals surface area contributed by atoms with Crippen molar-refractivity contribution >= 4 is 17.4 Å². The molecule has 1 amide bonds. The summed E-state index contributed by atoms with van der Waals surface area (Å²) in [6, 6.07) is 19.0. The molecule has 2 aliphatic heterocycles. The molecular formula is C26H24FN3O3. The zero-order chi connectivity index (χ0) is 22.9. The van der Waals surface area contributed by atoms with Crippen molar-refractivity contribution < 1.29 is 18.7 Å². The Kier molecular flexibility index (Phi) is 5.46. The van der Waals surface area contributed by atoms with Crippen molar-refractivity contribution in [2.24, 2.45) is 4.99 Å². The molecule has 3 aromatic carbocycles. The van der Waals surface area contributed by atoms with Gasteiger partial charge in [-0.05, 0) is 55.5 Å². The molecule has 1 fully saturated rings. The van der Waals surface area contributed by atoms with E-state index in [-0.39, 0.29) is 17.8 Å². The third kappa shape index (κ3) is 4.02. The van der Waals surface area contributed by atoms with E-state index < -0.39 is 0 Å². The maximum atomic E-state index is 13.3. The van der Waals surface area contributed by atoms with Gasteiger partial charge in [0, 0.05) is 37.3 Å². The van der Waals surface area contributed by atoms with Crippen LogP contribution in [-0.4, -0.2) is 54.3 Å². The van der Waals surface area contributed by atoms with Gasteiger partial charge < -0.3 is 19.3 Å². The smallest absolute Gasteiger partial charge is 0.254 e. The molecule has 3 aromatic rings. The first-order valence-electron chi connectivity index (χ1n) is 10.9. The van der Waals surface area contributed by atoms with Gasteiger partial charge >= 0.3 is 0 Å². The van der Waals surface area contributed by atoms with E-state index in [1.807, 2.05) is 54.3 Å². The lowest BCUT2D eigenvalue weighted by Crippen LogP contribution is -2.55. The number of hydrogen-bond acceptors (Lipinski definition) is 5. The molecule has 2 aliphatic rings. The molecule has 6 nitrogen and oxygen atoms in total. The summed E-state index contributed by atoms with van der Waals surface area (Å²) in [7, 11) is 1.63. The second kappa shape index (κ2) is 8.58. The average molecular weight is 445 g/mol. The first kappa shape index (κ1) is 21.0. The predicted molar refractivity (Wildman–Crippen MR) is 124 cm³/mol. The number of amidine groups is 1. The second-order valence-corrected chi connectivity index (χ2v) is 8.17. The average Bonchev–Trinajstić information content (AvgIpc) is 3.00. The molecule has 0 unspecified atom stereocenters. The zero-order valence-electron chi connectivity index (χ0n) is 18.5. The third-order valence-electron chi connectivity index (χ3n) is 6.02. The number of amides is 1. The molecular weight excluding hydrogens is 421 g/mol. The Hall–Kier alpha value is -3.87. The molecule has 0 aromatic heterocycles. The van der Waals surface area contributed by atoms with Gasteiger partial charge in [-0.3, -0.25) is 4.79 Å². The van der Waals surface area contributed by atoms with Crippen LogP contribution in [-0.2, 0) is 0 Å². The summed E-state index contributed by atoms with van der Waals surface area (Å²) in [4.78, 5) is 22.0. The van der Waals surface area contributed by atoms with Crippen molar-refractivity contribution in [2.45, 2.75) is 13.0 Å². The highest BCUT2D eigenvalue weighted by molar-refractivity contribution is 6.04. The molecule has 7 heteroatoms. The number of aliphatic imine (C=N–C) groups is 1. The predicted octanol–water partition coefficient (Wildman–Crippen LogP) is 4.86. The van der Waals surface area contributed by atoms with Crippen molar-refractivity contribution in [1.29, 1.82) is 0 Å². The topological polar surface area (TPSA) is 54.4 Å². The maximum absolute atomic E-state index is 13.3. The number of rotatable bonds is 2. The second-order valence-electron chi connectivity index (χ2n) is 8.17. The molecule has 1 atom stereocenters. The minimum atomic E-state index is -0.353. The molecule has 33 heavy (non-hydrogen) atoms. The van der Waals surface area contributed by atoms with E-state index in [1.165, 1.54) is 24.3 Å². The van der Waals surface area contributed by atoms with Crippen LogP contribution in [0.25, 0.3) is 0 Å². The molecule has 2 heterocycles. The largest absolute Gasteiger partial charge is 0.497 e. The minimum Gasteiger partial charge on any atom is -0.497 e. The lowest BCUT2D eigenvalue weighted by atomic mass is 10.1. The monoisotopic (exact) mass is 445 g/mol. The van der Waals surface area contributed by atoms with Crippen molar-refractivity contribution in [1.82, 2.24) is 9.80 Å². The first-order chi connectivity index (χ1) is 16.0. The molecule has 1 saturated heterocycles. The molecule has 0 radical (unpaired) electrons. The van der Waals surface area contributed by atoms with E-state index in [0.717, 1.165) is 17.1 Å². The van der Waals surface area contributed by atoms with Gasteiger partial charge in [0.05, 0.1) is 12.7 Å². The fourth-order valence-electron chi connectivity index (χ4n) is 4.28. The first-order valence-corrected chi connectivity index (χ1v) is 10.9. The van der Waals surface area contributed by atoms with Crippen molar-refractivity contribution in [3.05, 3.63) is 83.7 Å². The molecule has 0 saturated carbocycles. The Labute approximate surface area is 191 Å². The molecule has 0 aliphatic carbocycles. The summed E-state index contributed by atoms with van der Waals surface area (Å²) in [6.45, 7) is 3.78. The highest BCUT2D eigenvalue weighted by atomic mass is 19.1. The van der Waals surface area contributed by atoms with E-state index >= 15 is 0 Å². The van der Waals surface area contributed by atoms with Crippen LogP contribution in [0.5, 0.6) is 17.2 Å². The summed E-state index contributed by atoms with van der Waals surface area (Å²) in [5.41, 5.74) is 2.11. The number of methoxy groups -OCH3 is 1. The van der Waals surface area contributed by atoms with Crippen LogP contribution < -0.4 is 9.47 Å². The van der Waals surface area contributed by atoms with Crippen LogP contribution in [0, 0.1) is 5.82 Å². The van der Waals surface area contributed by atoms with E-state index in [2.05, 4.69) is 4.90 Å². The van der Waals surface area contributed by atoms with Crippen LogP contribution in [0.3, 0.4) is 0 Å². The van der Waals surface area contributed by atoms with Gasteiger partial charge in [0.1, 0.15) is 28.8 Å². The molecule has 0 N–H and O–H groups in total. The van der Waals surface area contributed by atoms with Gasteiger partial charge in [-0.1, -0.05) is 12.1 Å². The number of piperazine rings is 1. The Morgan fingerprint density at radius 3 is 2.61 bits per heavy atom. The van der Waals surface area contributed by atoms with E-state index in [0.29, 0.717) is 42.4 Å². The van der Waals surface area contributed by atoms with E-state index in [1.54, 1.807) is 7.11 Å². The Morgan fingerprint density at radius 1 is 1.06 bits per heavy atom. The number of hydrogen-bond donors (Lipinski definition) is 0. The van der Waals surface area contributed by atoms with Crippen molar-refractivity contribution in [2.75, 3.05) is 26.7 Å². The molecule has 168 valence electrons. The lowest BCUT2D eigenvalue weighted by Gasteiger charge is -2.41. The molecule has 0 spiro atoms. The van der Waals surface area contributed by atoms with Crippen LogP contribution in [0.15, 0.2) is 71.7 Å². The van der Waals surface area contributed by atoms with Gasteiger partial charge in [-0.25, -0.2) is 9.38 Å². The number of benzene rings is 3. The standard InChI is InChI=1S/C26H24FN3O3/c1-17-16-29(13-14-30(17)26(31)18-7-9-19(27)10-8-18)25-21-12-11-20(32-2)15-24(21)33-23-6-4-3-5-22(23)28-25/h3-12,15,17H,13-14,16H2,1-2H3/t17-/m0/s1. The fraction of sp³-hybridized carbons (Fsp3) is 0.231. The maximum Gasteiger partial charge on any atom is 0.254 e. The van der Waals surface area contributed by atoms with Gasteiger partial charge in [0.15, 0.2) is 5.75 Å². The highest BCUT2D eigenvalue weighted by Crippen LogP contribution is 2.39. The Balaban J connectivity index is 1.45. The molecule has 0 bridgehead atoms. The number of nitrogens with zero attached hydrogens (tertiary/aromatic N) is 3. The van der Waals surface area contributed by atoms with Crippen LogP contribution >= 0.6 is 0 Å². The normalized spacial score (nSPS) is 17.3. The number of fused-ring (bicyclic) bond motifs is 2. The van der Waals surface area contributed by atoms with E-state index in [9.17, 15) is 9.18 Å². The van der Waals surface area contributed by atoms with Gasteiger partial charge in [-0.15, -0.1) is 0 Å². The SMILES string of the molecule is COc1ccc2c(c1)Oc1ccccc1N=C2N1CCN(C(=O)c2ccc(F)cc2)[C@@H](C)C1. The summed E-state index contributed by atoms with van der Waals surface area (Å²) in [6.07, 6.45) is 0. The Morgan fingerprint density at radius 2 is 1.85 bits per heavy atom. The van der Waals surface area contributed by atoms with Crippen LogP contribution in [0.4, 0.5) is 10.1 Å². The zero-order valence-corrected chi connectivity index (χ0v) is 18.5. The van der Waals surface area contributed by atoms with Crippen LogP contribution in [0.2, 0.25) is 0 Å². The van der Waals surface area contributed by atoms with Crippen molar-refractivity contribution in [3.63, 3.8) is 0 Å². The summed E-state index contributed by atoms with van der Waals surface area (Å²) >= 11 is 0. The van der Waals surface area contributed by atoms with Crippen molar-refractivity contribution in [3.8, 4) is 17.2 Å². The summed E-state index contributed by atoms with van der Waals surface area (Å²) < 4.78 is 24.9. The van der Waals surface area contributed by atoms with Crippen LogP contribution in [0.1, 0.15) is 22.8 Å². The van der Waals surface area contributed by atoms with E-state index in [4.69, 9.17) is 14.5 Å².